The number of nitrogens with zero attached hydrogens (tertiary/aromatic N) is 2. The van der Waals surface area contributed by atoms with Gasteiger partial charge in [0.25, 0.3) is 0 Å². The quantitative estimate of drug-likeness (QED) is 0.917. The first-order valence-corrected chi connectivity index (χ1v) is 7.11. The zero-order chi connectivity index (χ0) is 17.2. The molecule has 1 fully saturated rings. The molecule has 0 bridgehead atoms. The lowest BCUT2D eigenvalue weighted by Gasteiger charge is -2.19. The maximum atomic E-state index is 12.4. The molecule has 1 aliphatic rings. The minimum Gasteiger partial charge on any atom is -0.374 e. The molecule has 2 rings (SSSR count). The van der Waals surface area contributed by atoms with E-state index in [2.05, 4.69) is 5.32 Å². The van der Waals surface area contributed by atoms with Crippen molar-refractivity contribution in [2.24, 2.45) is 0 Å². The third-order valence-electron chi connectivity index (χ3n) is 3.70. The van der Waals surface area contributed by atoms with Crippen LogP contribution in [0.2, 0.25) is 0 Å². The number of nitrogens with one attached hydrogen (secondary N) is 1. The van der Waals surface area contributed by atoms with Gasteiger partial charge in [0.1, 0.15) is 6.04 Å². The standard InChI is InChI=1S/C15H18F3N3O2/c1-20-7-6-12(13(20)22)19-11-5-3-4-10(8-11)9-21(2)14(23)15(16,17)18/h3-5,8,12,19H,6-7,9H2,1-2H3/t12-/m1/s1. The Morgan fingerprint density at radius 3 is 2.70 bits per heavy atom. The molecule has 1 N–H and O–H groups in total. The van der Waals surface area contributed by atoms with Gasteiger partial charge >= 0.3 is 12.1 Å². The average Bonchev–Trinajstić information content (AvgIpc) is 2.78. The summed E-state index contributed by atoms with van der Waals surface area (Å²) in [6.45, 7) is 0.505. The van der Waals surface area contributed by atoms with Crippen LogP contribution in [-0.2, 0) is 16.1 Å². The van der Waals surface area contributed by atoms with Crippen molar-refractivity contribution in [2.75, 3.05) is 26.0 Å². The number of likely N-dealkylation sites (N-methyl/N-ethyl adjacent to an activating group) is 1. The van der Waals surface area contributed by atoms with Crippen molar-refractivity contribution in [3.8, 4) is 0 Å². The number of hydrogen-bond donors (Lipinski definition) is 1. The number of carbonyl (C=O) groups is 2. The summed E-state index contributed by atoms with van der Waals surface area (Å²) in [6, 6.07) is 6.36. The Bertz CT molecular complexity index is 604. The summed E-state index contributed by atoms with van der Waals surface area (Å²) in [6.07, 6.45) is -4.21. The van der Waals surface area contributed by atoms with Gasteiger partial charge < -0.3 is 15.1 Å². The van der Waals surface area contributed by atoms with Crippen molar-refractivity contribution >= 4 is 17.5 Å². The number of halogens is 3. The molecule has 1 aliphatic heterocycles. The first kappa shape index (κ1) is 17.1. The molecule has 23 heavy (non-hydrogen) atoms. The van der Waals surface area contributed by atoms with Crippen molar-refractivity contribution in [2.45, 2.75) is 25.2 Å². The lowest BCUT2D eigenvalue weighted by atomic mass is 10.1. The molecule has 0 radical (unpaired) electrons. The minimum absolute atomic E-state index is 0.0141. The number of alkyl halides is 3. The van der Waals surface area contributed by atoms with Gasteiger partial charge in [-0.15, -0.1) is 0 Å². The molecule has 0 aromatic heterocycles. The fourth-order valence-electron chi connectivity index (χ4n) is 2.48. The fraction of sp³-hybridized carbons (Fsp3) is 0.467. The maximum Gasteiger partial charge on any atom is 0.471 e. The predicted octanol–water partition coefficient (Wildman–Crippen LogP) is 1.85. The van der Waals surface area contributed by atoms with E-state index in [-0.39, 0.29) is 18.5 Å². The summed E-state index contributed by atoms with van der Waals surface area (Å²) in [5.41, 5.74) is 1.19. The Hall–Kier alpha value is -2.25. The molecule has 1 heterocycles. The van der Waals surface area contributed by atoms with Crippen LogP contribution in [0.5, 0.6) is 0 Å². The summed E-state index contributed by atoms with van der Waals surface area (Å²) in [5, 5.41) is 3.08. The van der Waals surface area contributed by atoms with Crippen molar-refractivity contribution < 1.29 is 22.8 Å². The van der Waals surface area contributed by atoms with Crippen molar-refractivity contribution in [1.29, 1.82) is 0 Å². The van der Waals surface area contributed by atoms with E-state index < -0.39 is 12.1 Å². The van der Waals surface area contributed by atoms with Gasteiger partial charge in [-0.1, -0.05) is 12.1 Å². The molecule has 8 heteroatoms. The second kappa shape index (κ2) is 6.47. The van der Waals surface area contributed by atoms with E-state index in [1.807, 2.05) is 0 Å². The third kappa shape index (κ3) is 4.14. The number of carbonyl (C=O) groups excluding carboxylic acids is 2. The van der Waals surface area contributed by atoms with Gasteiger partial charge in [-0.2, -0.15) is 13.2 Å². The van der Waals surface area contributed by atoms with Gasteiger partial charge in [0.2, 0.25) is 5.91 Å². The predicted molar refractivity (Wildman–Crippen MR) is 78.6 cm³/mol. The van der Waals surface area contributed by atoms with Crippen LogP contribution in [0.25, 0.3) is 0 Å². The zero-order valence-electron chi connectivity index (χ0n) is 12.9. The molecule has 1 saturated heterocycles. The summed E-state index contributed by atoms with van der Waals surface area (Å²) < 4.78 is 37.2. The number of anilines is 1. The SMILES string of the molecule is CN1CC[C@@H](Nc2cccc(CN(C)C(=O)C(F)(F)F)c2)C1=O. The van der Waals surface area contributed by atoms with E-state index >= 15 is 0 Å². The van der Waals surface area contributed by atoms with E-state index in [1.54, 1.807) is 36.2 Å². The monoisotopic (exact) mass is 329 g/mol. The molecule has 1 atom stereocenters. The smallest absolute Gasteiger partial charge is 0.374 e. The Labute approximate surface area is 132 Å². The van der Waals surface area contributed by atoms with Gasteiger partial charge in [-0.25, -0.2) is 0 Å². The summed E-state index contributed by atoms with van der Waals surface area (Å²) >= 11 is 0. The van der Waals surface area contributed by atoms with Gasteiger partial charge in [0.15, 0.2) is 0 Å². The first-order valence-electron chi connectivity index (χ1n) is 7.11. The number of benzene rings is 1. The second-order valence-corrected chi connectivity index (χ2v) is 5.60. The molecular weight excluding hydrogens is 311 g/mol. The van der Waals surface area contributed by atoms with Crippen LogP contribution in [0.15, 0.2) is 24.3 Å². The number of likely N-dealkylation sites (tertiary alicyclic amines) is 1. The topological polar surface area (TPSA) is 52.6 Å². The Kier molecular flexibility index (Phi) is 4.82. The Morgan fingerprint density at radius 1 is 1.43 bits per heavy atom. The molecule has 0 saturated carbocycles. The van der Waals surface area contributed by atoms with Crippen LogP contribution < -0.4 is 5.32 Å². The van der Waals surface area contributed by atoms with Crippen LogP contribution in [0.3, 0.4) is 0 Å². The van der Waals surface area contributed by atoms with Crippen LogP contribution in [-0.4, -0.2) is 54.5 Å². The lowest BCUT2D eigenvalue weighted by Crippen LogP contribution is -2.37. The van der Waals surface area contributed by atoms with Crippen LogP contribution in [0.1, 0.15) is 12.0 Å². The molecule has 2 amide bonds. The zero-order valence-corrected chi connectivity index (χ0v) is 12.9. The van der Waals surface area contributed by atoms with Crippen molar-refractivity contribution in [3.63, 3.8) is 0 Å². The molecule has 0 unspecified atom stereocenters. The van der Waals surface area contributed by atoms with Gasteiger partial charge in [-0.05, 0) is 24.1 Å². The number of rotatable bonds is 4. The van der Waals surface area contributed by atoms with Crippen LogP contribution in [0, 0.1) is 0 Å². The van der Waals surface area contributed by atoms with Crippen LogP contribution >= 0.6 is 0 Å². The van der Waals surface area contributed by atoms with Gasteiger partial charge in [-0.3, -0.25) is 9.59 Å². The number of amides is 2. The third-order valence-corrected chi connectivity index (χ3v) is 3.70. The molecule has 0 aliphatic carbocycles. The minimum atomic E-state index is -4.88. The molecule has 5 nitrogen and oxygen atoms in total. The Balaban J connectivity index is 2.03. The van der Waals surface area contributed by atoms with Gasteiger partial charge in [0.05, 0.1) is 0 Å². The largest absolute Gasteiger partial charge is 0.471 e. The maximum absolute atomic E-state index is 12.4. The molecule has 1 aromatic carbocycles. The summed E-state index contributed by atoms with van der Waals surface area (Å²) in [7, 11) is 2.82. The normalized spacial score (nSPS) is 18.2. The van der Waals surface area contributed by atoms with Crippen molar-refractivity contribution in [3.05, 3.63) is 29.8 Å². The Morgan fingerprint density at radius 2 is 2.13 bits per heavy atom. The summed E-state index contributed by atoms with van der Waals surface area (Å²) in [5.74, 6) is -1.90. The fourth-order valence-corrected chi connectivity index (χ4v) is 2.48. The number of hydrogen-bond acceptors (Lipinski definition) is 3. The summed E-state index contributed by atoms with van der Waals surface area (Å²) in [4.78, 5) is 25.2. The van der Waals surface area contributed by atoms with E-state index in [9.17, 15) is 22.8 Å². The molecule has 126 valence electrons. The van der Waals surface area contributed by atoms with Crippen LogP contribution in [0.4, 0.5) is 18.9 Å². The average molecular weight is 329 g/mol. The highest BCUT2D eigenvalue weighted by molar-refractivity contribution is 5.86. The molecular formula is C15H18F3N3O2. The van der Waals surface area contributed by atoms with E-state index in [1.165, 1.54) is 0 Å². The second-order valence-electron chi connectivity index (χ2n) is 5.60. The van der Waals surface area contributed by atoms with E-state index in [4.69, 9.17) is 0 Å². The van der Waals surface area contributed by atoms with Gasteiger partial charge in [0, 0.05) is 32.9 Å². The highest BCUT2D eigenvalue weighted by Crippen LogP contribution is 2.21. The highest BCUT2D eigenvalue weighted by Gasteiger charge is 2.41. The first-order chi connectivity index (χ1) is 10.7. The van der Waals surface area contributed by atoms with E-state index in [0.717, 1.165) is 7.05 Å². The molecule has 1 aromatic rings. The molecule has 0 spiro atoms. The van der Waals surface area contributed by atoms with Crippen molar-refractivity contribution in [1.82, 2.24) is 9.80 Å². The highest BCUT2D eigenvalue weighted by atomic mass is 19.4. The lowest BCUT2D eigenvalue weighted by molar-refractivity contribution is -0.184. The van der Waals surface area contributed by atoms with E-state index in [0.29, 0.717) is 29.1 Å².